The van der Waals surface area contributed by atoms with Crippen molar-refractivity contribution < 1.29 is 13.2 Å². The summed E-state index contributed by atoms with van der Waals surface area (Å²) in [5, 5.41) is 8.07. The Morgan fingerprint density at radius 1 is 0.909 bits per heavy atom. The smallest absolute Gasteiger partial charge is 0.340 e. The number of hydrogen-bond acceptors (Lipinski definition) is 3. The highest BCUT2D eigenvalue weighted by Crippen LogP contribution is 2.52. The van der Waals surface area contributed by atoms with Gasteiger partial charge in [0, 0.05) is 5.69 Å². The highest BCUT2D eigenvalue weighted by molar-refractivity contribution is 6.29. The van der Waals surface area contributed by atoms with E-state index in [0.29, 0.717) is 17.1 Å². The van der Waals surface area contributed by atoms with Crippen LogP contribution in [0, 0.1) is 0 Å². The van der Waals surface area contributed by atoms with E-state index in [9.17, 15) is 13.2 Å². The predicted molar refractivity (Wildman–Crippen MR) is 79.0 cm³/mol. The second-order valence-corrected chi connectivity index (χ2v) is 5.52. The predicted octanol–water partition coefficient (Wildman–Crippen LogP) is 5.42. The summed E-state index contributed by atoms with van der Waals surface area (Å²) in [4.78, 5) is -1.19. The van der Waals surface area contributed by atoms with Crippen molar-refractivity contribution in [3.63, 3.8) is 0 Å². The van der Waals surface area contributed by atoms with Crippen molar-refractivity contribution in [2.24, 2.45) is 10.2 Å². The molecule has 1 fully saturated rings. The van der Waals surface area contributed by atoms with Gasteiger partial charge in [-0.1, -0.05) is 29.8 Å². The third kappa shape index (κ3) is 2.78. The average Bonchev–Trinajstić information content (AvgIpc) is 3.20. The van der Waals surface area contributed by atoms with Gasteiger partial charge in [-0.05, 0) is 36.4 Å². The molecule has 1 aliphatic heterocycles. The summed E-state index contributed by atoms with van der Waals surface area (Å²) in [6, 6.07) is 15.5. The molecule has 0 aliphatic carbocycles. The molecule has 114 valence electrons. The zero-order valence-corrected chi connectivity index (χ0v) is 12.0. The number of azo groups is 1. The lowest BCUT2D eigenvalue weighted by Crippen LogP contribution is -2.31. The second-order valence-electron chi connectivity index (χ2n) is 4.90. The third-order valence-electron chi connectivity index (χ3n) is 3.32. The Bertz CT molecular complexity index is 685. The summed E-state index contributed by atoms with van der Waals surface area (Å²) in [6.45, 7) is -0.247. The fourth-order valence-corrected chi connectivity index (χ4v) is 2.24. The molecule has 0 bridgehead atoms. The Kier molecular flexibility index (Phi) is 3.56. The van der Waals surface area contributed by atoms with Gasteiger partial charge in [-0.25, -0.2) is 0 Å². The number of hydrogen-bond donors (Lipinski definition) is 0. The standard InChI is InChI=1S/C15H11ClF3N3/c16-14(15(17,18)19)10-22(14)13-8-6-12(7-9-13)21-20-11-4-2-1-3-5-11/h1-9H,10H2. The molecule has 0 spiro atoms. The molecule has 22 heavy (non-hydrogen) atoms. The van der Waals surface area contributed by atoms with Crippen LogP contribution in [0.2, 0.25) is 0 Å². The highest BCUT2D eigenvalue weighted by atomic mass is 35.5. The lowest BCUT2D eigenvalue weighted by molar-refractivity contribution is -0.136. The van der Waals surface area contributed by atoms with Crippen LogP contribution in [-0.2, 0) is 0 Å². The largest absolute Gasteiger partial charge is 0.427 e. The van der Waals surface area contributed by atoms with Crippen molar-refractivity contribution in [1.82, 2.24) is 0 Å². The van der Waals surface area contributed by atoms with E-state index in [1.54, 1.807) is 36.4 Å². The highest BCUT2D eigenvalue weighted by Gasteiger charge is 2.69. The number of benzene rings is 2. The molecule has 0 saturated carbocycles. The van der Waals surface area contributed by atoms with Crippen LogP contribution in [0.15, 0.2) is 64.8 Å². The van der Waals surface area contributed by atoms with Crippen LogP contribution in [0.5, 0.6) is 0 Å². The van der Waals surface area contributed by atoms with Gasteiger partial charge in [0.15, 0.2) is 0 Å². The van der Waals surface area contributed by atoms with Crippen LogP contribution in [0.1, 0.15) is 0 Å². The monoisotopic (exact) mass is 325 g/mol. The molecule has 2 aromatic rings. The number of halogens is 4. The van der Waals surface area contributed by atoms with Crippen LogP contribution in [0.25, 0.3) is 0 Å². The van der Waals surface area contributed by atoms with Crippen LogP contribution in [0.4, 0.5) is 30.2 Å². The van der Waals surface area contributed by atoms with Gasteiger partial charge < -0.3 is 4.90 Å². The summed E-state index contributed by atoms with van der Waals surface area (Å²) in [7, 11) is 0. The molecule has 3 nitrogen and oxygen atoms in total. The molecule has 0 N–H and O–H groups in total. The maximum Gasteiger partial charge on any atom is 0.427 e. The van der Waals surface area contributed by atoms with E-state index in [4.69, 9.17) is 11.6 Å². The Morgan fingerprint density at radius 2 is 1.45 bits per heavy atom. The summed E-state index contributed by atoms with van der Waals surface area (Å²) in [5.41, 5.74) is 1.67. The van der Waals surface area contributed by atoms with Crippen LogP contribution < -0.4 is 4.90 Å². The van der Waals surface area contributed by atoms with E-state index >= 15 is 0 Å². The van der Waals surface area contributed by atoms with Crippen molar-refractivity contribution in [1.29, 1.82) is 0 Å². The minimum atomic E-state index is -4.46. The minimum Gasteiger partial charge on any atom is -0.340 e. The number of rotatable bonds is 3. The Labute approximate surface area is 130 Å². The first-order valence-corrected chi connectivity index (χ1v) is 6.88. The zero-order valence-electron chi connectivity index (χ0n) is 11.3. The molecule has 1 unspecified atom stereocenters. The van der Waals surface area contributed by atoms with Gasteiger partial charge in [-0.15, -0.1) is 0 Å². The topological polar surface area (TPSA) is 27.7 Å². The SMILES string of the molecule is FC(F)(F)C1(Cl)CN1c1ccc(N=Nc2ccccc2)cc1. The molecule has 1 heterocycles. The van der Waals surface area contributed by atoms with Crippen molar-refractivity contribution in [2.75, 3.05) is 11.4 Å². The second kappa shape index (κ2) is 5.28. The van der Waals surface area contributed by atoms with E-state index in [0.717, 1.165) is 4.90 Å². The number of anilines is 1. The van der Waals surface area contributed by atoms with Crippen molar-refractivity contribution in [3.05, 3.63) is 54.6 Å². The Hall–Kier alpha value is -2.08. The first kappa shape index (κ1) is 14.8. The van der Waals surface area contributed by atoms with Gasteiger partial charge in [0.05, 0.1) is 17.9 Å². The molecule has 7 heteroatoms. The van der Waals surface area contributed by atoms with E-state index < -0.39 is 11.2 Å². The fourth-order valence-electron chi connectivity index (χ4n) is 2.02. The van der Waals surface area contributed by atoms with Crippen molar-refractivity contribution in [2.45, 2.75) is 11.2 Å². The molecule has 0 amide bonds. The van der Waals surface area contributed by atoms with Gasteiger partial charge >= 0.3 is 6.18 Å². The third-order valence-corrected chi connectivity index (χ3v) is 3.86. The molecule has 1 saturated heterocycles. The molecule has 2 aromatic carbocycles. The maximum atomic E-state index is 12.7. The molecule has 0 aromatic heterocycles. The quantitative estimate of drug-likeness (QED) is 0.320. The van der Waals surface area contributed by atoms with Crippen LogP contribution >= 0.6 is 11.6 Å². The normalized spacial score (nSPS) is 21.4. The number of alkyl halides is 4. The van der Waals surface area contributed by atoms with Gasteiger partial charge in [0.25, 0.3) is 0 Å². The first-order chi connectivity index (χ1) is 10.4. The lowest BCUT2D eigenvalue weighted by atomic mass is 10.3. The van der Waals surface area contributed by atoms with Crippen LogP contribution in [0.3, 0.4) is 0 Å². The first-order valence-electron chi connectivity index (χ1n) is 6.50. The number of nitrogens with zero attached hydrogens (tertiary/aromatic N) is 3. The molecule has 1 aliphatic rings. The molecular formula is C15H11ClF3N3. The lowest BCUT2D eigenvalue weighted by Gasteiger charge is -2.14. The van der Waals surface area contributed by atoms with Crippen molar-refractivity contribution >= 4 is 28.7 Å². The summed E-state index contributed by atoms with van der Waals surface area (Å²) < 4.78 is 38.2. The molecule has 1 atom stereocenters. The van der Waals surface area contributed by atoms with Gasteiger partial charge in [-0.3, -0.25) is 0 Å². The Balaban J connectivity index is 1.71. The van der Waals surface area contributed by atoms with Crippen LogP contribution in [-0.4, -0.2) is 17.7 Å². The maximum absolute atomic E-state index is 12.7. The fraction of sp³-hybridized carbons (Fsp3) is 0.200. The average molecular weight is 326 g/mol. The summed E-state index contributed by atoms with van der Waals surface area (Å²) in [6.07, 6.45) is -4.46. The van der Waals surface area contributed by atoms with Gasteiger partial charge in [0.2, 0.25) is 5.00 Å². The minimum absolute atomic E-state index is 0.247. The van der Waals surface area contributed by atoms with E-state index in [1.807, 2.05) is 18.2 Å². The summed E-state index contributed by atoms with van der Waals surface area (Å²) in [5.74, 6) is 0. The molecule has 3 rings (SSSR count). The zero-order chi connectivity index (χ0) is 15.8. The van der Waals surface area contributed by atoms with E-state index in [-0.39, 0.29) is 6.54 Å². The van der Waals surface area contributed by atoms with E-state index in [2.05, 4.69) is 10.2 Å². The van der Waals surface area contributed by atoms with E-state index in [1.165, 1.54) is 0 Å². The van der Waals surface area contributed by atoms with Gasteiger partial charge in [-0.2, -0.15) is 23.4 Å². The summed E-state index contributed by atoms with van der Waals surface area (Å²) >= 11 is 5.56. The van der Waals surface area contributed by atoms with Gasteiger partial charge in [0.1, 0.15) is 0 Å². The molecule has 0 radical (unpaired) electrons. The Morgan fingerprint density at radius 3 is 1.95 bits per heavy atom. The van der Waals surface area contributed by atoms with Crippen molar-refractivity contribution in [3.8, 4) is 0 Å². The molecular weight excluding hydrogens is 315 g/mol.